The van der Waals surface area contributed by atoms with E-state index in [2.05, 4.69) is 10.6 Å². The summed E-state index contributed by atoms with van der Waals surface area (Å²) in [6.45, 7) is 7.82. The number of carbonyl (C=O) groups is 1. The molecule has 0 unspecified atom stereocenters. The van der Waals surface area contributed by atoms with Crippen molar-refractivity contribution in [2.75, 3.05) is 31.5 Å². The van der Waals surface area contributed by atoms with Crippen molar-refractivity contribution in [1.82, 2.24) is 9.62 Å². The fourth-order valence-corrected chi connectivity index (χ4v) is 6.18. The number of hydrogen-bond acceptors (Lipinski definition) is 4. The number of aryl methyl sites for hydroxylation is 3. The monoisotopic (exact) mass is 443 g/mol. The molecule has 7 heteroatoms. The van der Waals surface area contributed by atoms with Crippen molar-refractivity contribution in [3.05, 3.63) is 59.2 Å². The van der Waals surface area contributed by atoms with Crippen molar-refractivity contribution in [3.63, 3.8) is 0 Å². The fourth-order valence-electron chi connectivity index (χ4n) is 4.29. The number of hydrogen-bond donors (Lipinski definition) is 2. The molecule has 1 heterocycles. The molecule has 2 aromatic carbocycles. The summed E-state index contributed by atoms with van der Waals surface area (Å²) in [4.78, 5) is 12.9. The first-order chi connectivity index (χ1) is 14.8. The Morgan fingerprint density at radius 1 is 1.00 bits per heavy atom. The molecule has 0 spiro atoms. The van der Waals surface area contributed by atoms with Gasteiger partial charge in [0, 0.05) is 37.8 Å². The first kappa shape index (κ1) is 23.3. The van der Waals surface area contributed by atoms with Gasteiger partial charge in [0.05, 0.1) is 4.90 Å². The van der Waals surface area contributed by atoms with Crippen LogP contribution in [-0.4, -0.2) is 44.8 Å². The Morgan fingerprint density at radius 2 is 1.61 bits per heavy atom. The van der Waals surface area contributed by atoms with Crippen LogP contribution in [0.1, 0.15) is 36.0 Å². The number of piperidine rings is 1. The maximum absolute atomic E-state index is 13.2. The third kappa shape index (κ3) is 5.86. The van der Waals surface area contributed by atoms with E-state index in [0.29, 0.717) is 37.4 Å². The van der Waals surface area contributed by atoms with E-state index in [1.165, 1.54) is 4.31 Å². The number of nitrogens with zero attached hydrogens (tertiary/aromatic N) is 1. The molecule has 2 aromatic rings. The molecule has 0 radical (unpaired) electrons. The van der Waals surface area contributed by atoms with E-state index in [1.54, 1.807) is 0 Å². The Balaban J connectivity index is 1.46. The highest BCUT2D eigenvalue weighted by Crippen LogP contribution is 2.28. The van der Waals surface area contributed by atoms with Gasteiger partial charge in [0.2, 0.25) is 15.9 Å². The van der Waals surface area contributed by atoms with Crippen LogP contribution in [0, 0.1) is 26.7 Å². The van der Waals surface area contributed by atoms with Gasteiger partial charge in [0.25, 0.3) is 0 Å². The lowest BCUT2D eigenvalue weighted by molar-refractivity contribution is -0.126. The van der Waals surface area contributed by atoms with Crippen LogP contribution in [0.5, 0.6) is 0 Å². The van der Waals surface area contributed by atoms with Gasteiger partial charge in [0.15, 0.2) is 0 Å². The maximum Gasteiger partial charge on any atom is 0.243 e. The molecule has 6 nitrogen and oxygen atoms in total. The van der Waals surface area contributed by atoms with Crippen LogP contribution in [0.4, 0.5) is 5.69 Å². The molecule has 3 rings (SSSR count). The van der Waals surface area contributed by atoms with Crippen molar-refractivity contribution in [1.29, 1.82) is 0 Å². The van der Waals surface area contributed by atoms with Gasteiger partial charge in [-0.25, -0.2) is 8.42 Å². The Bertz CT molecular complexity index is 975. The molecule has 0 aliphatic carbocycles. The molecule has 1 amide bonds. The zero-order chi connectivity index (χ0) is 22.4. The normalized spacial score (nSPS) is 15.6. The van der Waals surface area contributed by atoms with Crippen LogP contribution in [0.2, 0.25) is 0 Å². The second-order valence-corrected chi connectivity index (χ2v) is 10.2. The summed E-state index contributed by atoms with van der Waals surface area (Å²) >= 11 is 0. The fraction of sp³-hybridized carbons (Fsp3) is 0.458. The third-order valence-electron chi connectivity index (χ3n) is 5.78. The van der Waals surface area contributed by atoms with E-state index < -0.39 is 10.0 Å². The molecule has 168 valence electrons. The summed E-state index contributed by atoms with van der Waals surface area (Å²) in [6, 6.07) is 13.8. The minimum Gasteiger partial charge on any atom is -0.385 e. The second kappa shape index (κ2) is 10.3. The maximum atomic E-state index is 13.2. The Hall–Kier alpha value is -2.38. The molecule has 1 aliphatic heterocycles. The van der Waals surface area contributed by atoms with Gasteiger partial charge in [-0.15, -0.1) is 0 Å². The molecule has 0 bridgehead atoms. The van der Waals surface area contributed by atoms with Crippen LogP contribution < -0.4 is 10.6 Å². The minimum absolute atomic E-state index is 0.0273. The number of para-hydroxylation sites is 1. The number of anilines is 1. The van der Waals surface area contributed by atoms with Gasteiger partial charge in [-0.2, -0.15) is 4.31 Å². The van der Waals surface area contributed by atoms with Crippen LogP contribution in [-0.2, 0) is 14.8 Å². The van der Waals surface area contributed by atoms with E-state index >= 15 is 0 Å². The topological polar surface area (TPSA) is 78.5 Å². The molecule has 1 saturated heterocycles. The van der Waals surface area contributed by atoms with Gasteiger partial charge in [-0.1, -0.05) is 35.9 Å². The summed E-state index contributed by atoms with van der Waals surface area (Å²) < 4.78 is 27.9. The van der Waals surface area contributed by atoms with Gasteiger partial charge >= 0.3 is 0 Å². The molecule has 0 saturated carbocycles. The molecular formula is C24H33N3O3S. The Morgan fingerprint density at radius 3 is 2.23 bits per heavy atom. The molecule has 31 heavy (non-hydrogen) atoms. The Kier molecular flexibility index (Phi) is 7.73. The number of benzene rings is 2. The van der Waals surface area contributed by atoms with E-state index in [-0.39, 0.29) is 11.8 Å². The largest absolute Gasteiger partial charge is 0.385 e. The van der Waals surface area contributed by atoms with Crippen molar-refractivity contribution in [2.24, 2.45) is 5.92 Å². The summed E-state index contributed by atoms with van der Waals surface area (Å²) in [7, 11) is -3.55. The summed E-state index contributed by atoms with van der Waals surface area (Å²) in [5, 5.41) is 6.33. The minimum atomic E-state index is -3.55. The molecule has 0 aromatic heterocycles. The van der Waals surface area contributed by atoms with Gasteiger partial charge in [-0.3, -0.25) is 4.79 Å². The van der Waals surface area contributed by atoms with E-state index in [1.807, 2.05) is 63.2 Å². The number of nitrogens with one attached hydrogen (secondary N) is 2. The lowest BCUT2D eigenvalue weighted by atomic mass is 9.97. The van der Waals surface area contributed by atoms with E-state index in [9.17, 15) is 13.2 Å². The smallest absolute Gasteiger partial charge is 0.243 e. The number of carbonyl (C=O) groups excluding carboxylic acids is 1. The van der Waals surface area contributed by atoms with Crippen LogP contribution in [0.25, 0.3) is 0 Å². The van der Waals surface area contributed by atoms with E-state index in [0.717, 1.165) is 35.3 Å². The molecule has 2 N–H and O–H groups in total. The van der Waals surface area contributed by atoms with Gasteiger partial charge in [0.1, 0.15) is 0 Å². The first-order valence-electron chi connectivity index (χ1n) is 10.9. The van der Waals surface area contributed by atoms with Crippen LogP contribution >= 0.6 is 0 Å². The van der Waals surface area contributed by atoms with Crippen molar-refractivity contribution in [3.8, 4) is 0 Å². The first-order valence-corrected chi connectivity index (χ1v) is 12.4. The predicted octanol–water partition coefficient (Wildman–Crippen LogP) is 3.63. The SMILES string of the molecule is Cc1cc(C)c(S(=O)(=O)N2CCC(C(=O)NCCCNc3ccccc3)CC2)c(C)c1. The van der Waals surface area contributed by atoms with Crippen LogP contribution in [0.3, 0.4) is 0 Å². The zero-order valence-electron chi connectivity index (χ0n) is 18.6. The van der Waals surface area contributed by atoms with E-state index in [4.69, 9.17) is 0 Å². The van der Waals surface area contributed by atoms with Crippen molar-refractivity contribution < 1.29 is 13.2 Å². The van der Waals surface area contributed by atoms with Gasteiger partial charge < -0.3 is 10.6 Å². The summed E-state index contributed by atoms with van der Waals surface area (Å²) in [6.07, 6.45) is 1.94. The average Bonchev–Trinajstić information content (AvgIpc) is 2.73. The lowest BCUT2D eigenvalue weighted by Gasteiger charge is -2.31. The average molecular weight is 444 g/mol. The van der Waals surface area contributed by atoms with Crippen molar-refractivity contribution >= 4 is 21.6 Å². The highest BCUT2D eigenvalue weighted by atomic mass is 32.2. The number of amides is 1. The summed E-state index contributed by atoms with van der Waals surface area (Å²) in [5.41, 5.74) is 3.69. The second-order valence-electron chi connectivity index (χ2n) is 8.34. The molecule has 1 aliphatic rings. The highest BCUT2D eigenvalue weighted by Gasteiger charge is 2.33. The number of sulfonamides is 1. The summed E-state index contributed by atoms with van der Waals surface area (Å²) in [5.74, 6) is -0.104. The Labute approximate surface area is 186 Å². The molecular weight excluding hydrogens is 410 g/mol. The third-order valence-corrected chi connectivity index (χ3v) is 7.99. The highest BCUT2D eigenvalue weighted by molar-refractivity contribution is 7.89. The van der Waals surface area contributed by atoms with Crippen LogP contribution in [0.15, 0.2) is 47.4 Å². The zero-order valence-corrected chi connectivity index (χ0v) is 19.5. The standard InChI is InChI=1S/C24H33N3O3S/c1-18-16-19(2)23(20(3)17-18)31(29,30)27-14-10-21(11-15-27)24(28)26-13-7-12-25-22-8-5-4-6-9-22/h4-6,8-9,16-17,21,25H,7,10-15H2,1-3H3,(H,26,28). The number of rotatable bonds is 8. The quantitative estimate of drug-likeness (QED) is 0.611. The lowest BCUT2D eigenvalue weighted by Crippen LogP contribution is -2.43. The van der Waals surface area contributed by atoms with Gasteiger partial charge in [-0.05, 0) is 63.3 Å². The molecule has 1 fully saturated rings. The predicted molar refractivity (Wildman–Crippen MR) is 125 cm³/mol. The van der Waals surface area contributed by atoms with Crippen molar-refractivity contribution in [2.45, 2.75) is 44.9 Å². The molecule has 0 atom stereocenters.